The maximum absolute atomic E-state index is 13.2. The maximum Gasteiger partial charge on any atom is 0.266 e. The van der Waals surface area contributed by atoms with Crippen molar-refractivity contribution in [1.82, 2.24) is 15.2 Å². The number of thiazole rings is 1. The third-order valence-corrected chi connectivity index (χ3v) is 5.75. The van der Waals surface area contributed by atoms with E-state index in [0.717, 1.165) is 55.2 Å². The van der Waals surface area contributed by atoms with Crippen LogP contribution in [0.2, 0.25) is 0 Å². The lowest BCUT2D eigenvalue weighted by Gasteiger charge is -2.34. The Balaban J connectivity index is 1.86. The van der Waals surface area contributed by atoms with Crippen molar-refractivity contribution in [1.29, 1.82) is 0 Å². The minimum absolute atomic E-state index is 0.0807. The molecule has 25 heavy (non-hydrogen) atoms. The van der Waals surface area contributed by atoms with Crippen molar-refractivity contribution in [3.05, 3.63) is 40.7 Å². The quantitative estimate of drug-likeness (QED) is 0.879. The Morgan fingerprint density at radius 1 is 1.32 bits per heavy atom. The summed E-state index contributed by atoms with van der Waals surface area (Å²) in [6, 6.07) is 6.55. The van der Waals surface area contributed by atoms with E-state index >= 15 is 0 Å². The molecule has 0 radical (unpaired) electrons. The number of hydrogen-bond donors (Lipinski definition) is 1. The molecule has 2 heterocycles. The van der Waals surface area contributed by atoms with Gasteiger partial charge in [0.1, 0.15) is 15.7 Å². The standard InChI is InChI=1S/C19H24FN3OS/c1-3-12-23(16-8-10-21-11-9-16)19(24)17-13(2)22-18(25-17)14-4-6-15(20)7-5-14/h4-7,16,21H,3,8-12H2,1-2H3. The molecule has 2 aromatic rings. The van der Waals surface area contributed by atoms with Crippen LogP contribution in [0, 0.1) is 12.7 Å². The number of amides is 1. The molecule has 0 unspecified atom stereocenters. The van der Waals surface area contributed by atoms with E-state index in [-0.39, 0.29) is 11.7 Å². The third-order valence-electron chi connectivity index (χ3n) is 4.56. The van der Waals surface area contributed by atoms with Crippen LogP contribution in [0.4, 0.5) is 4.39 Å². The zero-order chi connectivity index (χ0) is 17.8. The Morgan fingerprint density at radius 3 is 2.64 bits per heavy atom. The molecule has 1 saturated heterocycles. The van der Waals surface area contributed by atoms with Crippen molar-refractivity contribution in [3.8, 4) is 10.6 Å². The van der Waals surface area contributed by atoms with E-state index in [2.05, 4.69) is 17.2 Å². The molecule has 1 fully saturated rings. The fourth-order valence-electron chi connectivity index (χ4n) is 3.25. The van der Waals surface area contributed by atoms with Gasteiger partial charge in [-0.1, -0.05) is 6.92 Å². The monoisotopic (exact) mass is 361 g/mol. The first-order chi connectivity index (χ1) is 12.1. The first kappa shape index (κ1) is 18.0. The predicted octanol–water partition coefficient (Wildman–Crippen LogP) is 3.86. The Hall–Kier alpha value is -1.79. The van der Waals surface area contributed by atoms with Crippen molar-refractivity contribution in [3.63, 3.8) is 0 Å². The summed E-state index contributed by atoms with van der Waals surface area (Å²) < 4.78 is 13.1. The van der Waals surface area contributed by atoms with Crippen LogP contribution in [0.3, 0.4) is 0 Å². The van der Waals surface area contributed by atoms with Crippen LogP contribution in [0.5, 0.6) is 0 Å². The van der Waals surface area contributed by atoms with Gasteiger partial charge < -0.3 is 10.2 Å². The number of carbonyl (C=O) groups is 1. The summed E-state index contributed by atoms with van der Waals surface area (Å²) in [7, 11) is 0. The van der Waals surface area contributed by atoms with E-state index in [1.807, 2.05) is 11.8 Å². The van der Waals surface area contributed by atoms with E-state index in [1.54, 1.807) is 12.1 Å². The number of halogens is 1. The number of nitrogens with zero attached hydrogens (tertiary/aromatic N) is 2. The molecule has 1 aliphatic heterocycles. The number of hydrogen-bond acceptors (Lipinski definition) is 4. The average molecular weight is 361 g/mol. The van der Waals surface area contributed by atoms with Crippen molar-refractivity contribution >= 4 is 17.2 Å². The molecule has 134 valence electrons. The SMILES string of the molecule is CCCN(C(=O)c1sc(-c2ccc(F)cc2)nc1C)C1CCNCC1. The minimum atomic E-state index is -0.270. The first-order valence-corrected chi connectivity index (χ1v) is 9.67. The molecule has 0 spiro atoms. The van der Waals surface area contributed by atoms with Gasteiger partial charge in [0.05, 0.1) is 5.69 Å². The Labute approximate surface area is 152 Å². The Bertz CT molecular complexity index is 723. The van der Waals surface area contributed by atoms with Crippen molar-refractivity contribution < 1.29 is 9.18 Å². The highest BCUT2D eigenvalue weighted by Gasteiger charge is 2.28. The summed E-state index contributed by atoms with van der Waals surface area (Å²) in [6.45, 7) is 6.67. The lowest BCUT2D eigenvalue weighted by Crippen LogP contribution is -2.46. The number of piperidine rings is 1. The summed E-state index contributed by atoms with van der Waals surface area (Å²) >= 11 is 1.40. The summed E-state index contributed by atoms with van der Waals surface area (Å²) in [4.78, 5) is 20.4. The van der Waals surface area contributed by atoms with E-state index in [0.29, 0.717) is 10.9 Å². The van der Waals surface area contributed by atoms with Crippen LogP contribution in [0.25, 0.3) is 10.6 Å². The zero-order valence-electron chi connectivity index (χ0n) is 14.7. The highest BCUT2D eigenvalue weighted by atomic mass is 32.1. The van der Waals surface area contributed by atoms with Crippen LogP contribution in [-0.2, 0) is 0 Å². The van der Waals surface area contributed by atoms with Gasteiger partial charge in [-0.25, -0.2) is 9.37 Å². The molecule has 0 atom stereocenters. The second-order valence-electron chi connectivity index (χ2n) is 6.42. The summed E-state index contributed by atoms with van der Waals surface area (Å²) in [5.41, 5.74) is 1.60. The second-order valence-corrected chi connectivity index (χ2v) is 7.42. The van der Waals surface area contributed by atoms with Gasteiger partial charge >= 0.3 is 0 Å². The highest BCUT2D eigenvalue weighted by Crippen LogP contribution is 2.30. The number of aromatic nitrogens is 1. The Kier molecular flexibility index (Phi) is 5.81. The number of aryl methyl sites for hydroxylation is 1. The number of carbonyl (C=O) groups excluding carboxylic acids is 1. The molecule has 3 rings (SSSR count). The molecule has 0 saturated carbocycles. The van der Waals surface area contributed by atoms with Crippen LogP contribution >= 0.6 is 11.3 Å². The lowest BCUT2D eigenvalue weighted by atomic mass is 10.0. The normalized spacial score (nSPS) is 15.3. The summed E-state index contributed by atoms with van der Waals surface area (Å²) in [5, 5.41) is 4.12. The van der Waals surface area contributed by atoms with Gasteiger partial charge in [0, 0.05) is 18.2 Å². The molecule has 6 heteroatoms. The molecule has 0 bridgehead atoms. The van der Waals surface area contributed by atoms with Gasteiger partial charge in [-0.05, 0) is 63.5 Å². The summed E-state index contributed by atoms with van der Waals surface area (Å²) in [6.07, 6.45) is 2.93. The third kappa shape index (κ3) is 4.07. The molecule has 1 N–H and O–H groups in total. The predicted molar refractivity (Wildman–Crippen MR) is 99.5 cm³/mol. The number of rotatable bonds is 5. The molecule has 0 aliphatic carbocycles. The van der Waals surface area contributed by atoms with Crippen molar-refractivity contribution in [2.45, 2.75) is 39.2 Å². The lowest BCUT2D eigenvalue weighted by molar-refractivity contribution is 0.0646. The van der Waals surface area contributed by atoms with Crippen molar-refractivity contribution in [2.24, 2.45) is 0 Å². The van der Waals surface area contributed by atoms with Gasteiger partial charge in [0.15, 0.2) is 0 Å². The summed E-state index contributed by atoms with van der Waals surface area (Å²) in [5.74, 6) is -0.189. The first-order valence-electron chi connectivity index (χ1n) is 8.85. The van der Waals surface area contributed by atoms with Gasteiger partial charge in [0.25, 0.3) is 5.91 Å². The van der Waals surface area contributed by atoms with Crippen LogP contribution in [0.1, 0.15) is 41.6 Å². The van der Waals surface area contributed by atoms with Crippen LogP contribution in [0.15, 0.2) is 24.3 Å². The molecular weight excluding hydrogens is 337 g/mol. The number of benzene rings is 1. The van der Waals surface area contributed by atoms with E-state index in [1.165, 1.54) is 23.5 Å². The zero-order valence-corrected chi connectivity index (χ0v) is 15.5. The van der Waals surface area contributed by atoms with Gasteiger partial charge in [-0.3, -0.25) is 4.79 Å². The average Bonchev–Trinajstić information content (AvgIpc) is 3.02. The van der Waals surface area contributed by atoms with Gasteiger partial charge in [0.2, 0.25) is 0 Å². The minimum Gasteiger partial charge on any atom is -0.335 e. The van der Waals surface area contributed by atoms with Crippen molar-refractivity contribution in [2.75, 3.05) is 19.6 Å². The largest absolute Gasteiger partial charge is 0.335 e. The smallest absolute Gasteiger partial charge is 0.266 e. The van der Waals surface area contributed by atoms with Gasteiger partial charge in [-0.2, -0.15) is 0 Å². The van der Waals surface area contributed by atoms with E-state index in [9.17, 15) is 9.18 Å². The van der Waals surface area contributed by atoms with E-state index < -0.39 is 0 Å². The maximum atomic E-state index is 13.2. The molecule has 4 nitrogen and oxygen atoms in total. The van der Waals surface area contributed by atoms with Crippen LogP contribution in [-0.4, -0.2) is 41.5 Å². The molecular formula is C19H24FN3OS. The van der Waals surface area contributed by atoms with E-state index in [4.69, 9.17) is 0 Å². The highest BCUT2D eigenvalue weighted by molar-refractivity contribution is 7.17. The van der Waals surface area contributed by atoms with Gasteiger partial charge in [-0.15, -0.1) is 11.3 Å². The molecule has 1 amide bonds. The van der Waals surface area contributed by atoms with Crippen LogP contribution < -0.4 is 5.32 Å². The topological polar surface area (TPSA) is 45.2 Å². The fraction of sp³-hybridized carbons (Fsp3) is 0.474. The molecule has 1 aromatic carbocycles. The second kappa shape index (κ2) is 8.06. The molecule has 1 aliphatic rings. The Morgan fingerprint density at radius 2 is 2.00 bits per heavy atom. The number of nitrogens with one attached hydrogen (secondary N) is 1. The molecule has 1 aromatic heterocycles. The fourth-order valence-corrected chi connectivity index (χ4v) is 4.28.